The van der Waals surface area contributed by atoms with Crippen molar-refractivity contribution < 1.29 is 9.53 Å². The molecule has 0 saturated carbocycles. The average Bonchev–Trinajstić information content (AvgIpc) is 3.29. The van der Waals surface area contributed by atoms with E-state index in [1.165, 1.54) is 6.33 Å². The van der Waals surface area contributed by atoms with Crippen molar-refractivity contribution >= 4 is 45.3 Å². The van der Waals surface area contributed by atoms with Crippen LogP contribution < -0.4 is 5.32 Å². The molecule has 1 aliphatic rings. The molecular weight excluding hydrogens is 430 g/mol. The first kappa shape index (κ1) is 20.6. The number of carbonyl (C=O) groups is 1. The van der Waals surface area contributed by atoms with Crippen molar-refractivity contribution in [3.8, 4) is 0 Å². The molecular formula is C22H22ClN7O2. The number of hydrogen-bond acceptors (Lipinski definition) is 7. The van der Waals surface area contributed by atoms with Crippen LogP contribution in [0, 0.1) is 0 Å². The number of amides is 1. The molecule has 1 amide bonds. The minimum Gasteiger partial charge on any atom is -0.378 e. The van der Waals surface area contributed by atoms with E-state index in [2.05, 4.69) is 25.3 Å². The van der Waals surface area contributed by atoms with E-state index in [9.17, 15) is 4.79 Å². The van der Waals surface area contributed by atoms with Gasteiger partial charge in [0.05, 0.1) is 48.4 Å². The van der Waals surface area contributed by atoms with Crippen molar-refractivity contribution in [2.45, 2.75) is 19.4 Å². The van der Waals surface area contributed by atoms with Gasteiger partial charge in [0.15, 0.2) is 11.5 Å². The number of pyridine rings is 1. The maximum atomic E-state index is 13.0. The number of morpholine rings is 1. The summed E-state index contributed by atoms with van der Waals surface area (Å²) in [4.78, 5) is 35.4. The van der Waals surface area contributed by atoms with Gasteiger partial charge in [-0.1, -0.05) is 23.7 Å². The molecule has 1 unspecified atom stereocenters. The maximum Gasteiger partial charge on any atom is 0.228 e. The van der Waals surface area contributed by atoms with Crippen LogP contribution in [0.5, 0.6) is 0 Å². The van der Waals surface area contributed by atoms with E-state index in [-0.39, 0.29) is 18.4 Å². The molecule has 5 rings (SSSR count). The fourth-order valence-corrected chi connectivity index (χ4v) is 4.23. The summed E-state index contributed by atoms with van der Waals surface area (Å²) in [5.41, 5.74) is 2.77. The van der Waals surface area contributed by atoms with Gasteiger partial charge in [0.2, 0.25) is 5.91 Å². The summed E-state index contributed by atoms with van der Waals surface area (Å²) in [6, 6.07) is 7.52. The van der Waals surface area contributed by atoms with Crippen LogP contribution in [0.4, 0.5) is 5.82 Å². The molecule has 0 spiro atoms. The van der Waals surface area contributed by atoms with Gasteiger partial charge in [0, 0.05) is 18.5 Å². The van der Waals surface area contributed by atoms with Gasteiger partial charge in [-0.3, -0.25) is 9.78 Å². The van der Waals surface area contributed by atoms with Gasteiger partial charge >= 0.3 is 0 Å². The lowest BCUT2D eigenvalue weighted by Crippen LogP contribution is -2.41. The fourth-order valence-electron chi connectivity index (χ4n) is 3.94. The lowest BCUT2D eigenvalue weighted by molar-refractivity contribution is -0.134. The number of halogens is 1. The number of fused-ring (bicyclic) bond motifs is 2. The molecule has 10 heteroatoms. The highest BCUT2D eigenvalue weighted by atomic mass is 35.5. The predicted octanol–water partition coefficient (Wildman–Crippen LogP) is 3.13. The average molecular weight is 452 g/mol. The van der Waals surface area contributed by atoms with E-state index in [1.807, 2.05) is 36.1 Å². The lowest BCUT2D eigenvalue weighted by Gasteiger charge is -2.27. The van der Waals surface area contributed by atoms with Crippen molar-refractivity contribution in [1.82, 2.24) is 29.8 Å². The van der Waals surface area contributed by atoms with Crippen LogP contribution in [0.1, 0.15) is 24.4 Å². The van der Waals surface area contributed by atoms with Gasteiger partial charge in [0.1, 0.15) is 11.8 Å². The molecule has 1 fully saturated rings. The van der Waals surface area contributed by atoms with Crippen molar-refractivity contribution in [2.75, 3.05) is 31.6 Å². The van der Waals surface area contributed by atoms with Crippen LogP contribution in [0.25, 0.3) is 21.9 Å². The molecule has 1 aromatic carbocycles. The van der Waals surface area contributed by atoms with Gasteiger partial charge < -0.3 is 19.9 Å². The molecule has 32 heavy (non-hydrogen) atoms. The van der Waals surface area contributed by atoms with E-state index in [4.69, 9.17) is 21.3 Å². The number of imidazole rings is 1. The number of aromatic nitrogens is 5. The minimum absolute atomic E-state index is 0.0229. The summed E-state index contributed by atoms with van der Waals surface area (Å²) in [7, 11) is 0. The zero-order valence-electron chi connectivity index (χ0n) is 17.5. The molecule has 0 bridgehead atoms. The van der Waals surface area contributed by atoms with E-state index < -0.39 is 0 Å². The fraction of sp³-hybridized carbons (Fsp3) is 0.318. The number of hydrogen-bond donors (Lipinski definition) is 2. The Morgan fingerprint density at radius 1 is 1.28 bits per heavy atom. The third kappa shape index (κ3) is 3.96. The van der Waals surface area contributed by atoms with E-state index in [0.717, 1.165) is 22.0 Å². The molecule has 4 aromatic rings. The van der Waals surface area contributed by atoms with Gasteiger partial charge in [-0.2, -0.15) is 0 Å². The number of rotatable bonds is 5. The maximum absolute atomic E-state index is 13.0. The highest BCUT2D eigenvalue weighted by Crippen LogP contribution is 2.30. The standard InChI is InChI=1S/C22H22ClN7O2/c1-13(28-22-20-21(25-11-24-20)26-12-27-22)16-9-14-3-2-4-15(23)19(14)17(29-16)10-18(31)30-5-7-32-8-6-30/h2-4,9,11-13H,5-8,10H2,1H3,(H2,24,25,26,27,28). The smallest absolute Gasteiger partial charge is 0.228 e. The van der Waals surface area contributed by atoms with Crippen LogP contribution >= 0.6 is 11.6 Å². The van der Waals surface area contributed by atoms with E-state index >= 15 is 0 Å². The van der Waals surface area contributed by atoms with Gasteiger partial charge in [-0.25, -0.2) is 15.0 Å². The zero-order valence-corrected chi connectivity index (χ0v) is 18.3. The Hall–Kier alpha value is -3.30. The first-order chi connectivity index (χ1) is 15.6. The van der Waals surface area contributed by atoms with Gasteiger partial charge in [-0.15, -0.1) is 0 Å². The number of nitrogens with one attached hydrogen (secondary N) is 2. The Kier molecular flexibility index (Phi) is 5.59. The summed E-state index contributed by atoms with van der Waals surface area (Å²) >= 11 is 6.52. The number of H-pyrrole nitrogens is 1. The molecule has 164 valence electrons. The summed E-state index contributed by atoms with van der Waals surface area (Å²) in [6.07, 6.45) is 3.23. The second-order valence-electron chi connectivity index (χ2n) is 7.69. The highest BCUT2D eigenvalue weighted by Gasteiger charge is 2.21. The lowest BCUT2D eigenvalue weighted by atomic mass is 10.0. The third-order valence-corrected chi connectivity index (χ3v) is 5.92. The molecule has 3 aromatic heterocycles. The largest absolute Gasteiger partial charge is 0.378 e. The van der Waals surface area contributed by atoms with Crippen LogP contribution in [-0.4, -0.2) is 62.0 Å². The first-order valence-electron chi connectivity index (χ1n) is 10.4. The monoisotopic (exact) mass is 451 g/mol. The Morgan fingerprint density at radius 2 is 2.12 bits per heavy atom. The van der Waals surface area contributed by atoms with Crippen molar-refractivity contribution in [3.05, 3.63) is 53.3 Å². The summed E-state index contributed by atoms with van der Waals surface area (Å²) in [5, 5.41) is 5.72. The van der Waals surface area contributed by atoms with E-state index in [1.54, 1.807) is 6.33 Å². The molecule has 4 heterocycles. The number of aromatic amines is 1. The number of nitrogens with zero attached hydrogens (tertiary/aromatic N) is 5. The number of ether oxygens (including phenoxy) is 1. The van der Waals surface area contributed by atoms with Gasteiger partial charge in [-0.05, 0) is 24.4 Å². The minimum atomic E-state index is -0.183. The van der Waals surface area contributed by atoms with Crippen LogP contribution in [0.3, 0.4) is 0 Å². The Bertz CT molecular complexity index is 1290. The quantitative estimate of drug-likeness (QED) is 0.479. The van der Waals surface area contributed by atoms with Crippen LogP contribution in [0.2, 0.25) is 5.02 Å². The number of carbonyl (C=O) groups excluding carboxylic acids is 1. The molecule has 2 N–H and O–H groups in total. The van der Waals surface area contributed by atoms with Crippen molar-refractivity contribution in [2.24, 2.45) is 0 Å². The molecule has 0 aliphatic carbocycles. The zero-order chi connectivity index (χ0) is 22.1. The summed E-state index contributed by atoms with van der Waals surface area (Å²) < 4.78 is 5.37. The second kappa shape index (κ2) is 8.68. The predicted molar refractivity (Wildman–Crippen MR) is 122 cm³/mol. The molecule has 1 saturated heterocycles. The molecule has 0 radical (unpaired) electrons. The van der Waals surface area contributed by atoms with E-state index in [0.29, 0.717) is 48.5 Å². The Morgan fingerprint density at radius 3 is 2.97 bits per heavy atom. The Balaban J connectivity index is 1.49. The molecule has 1 atom stereocenters. The Labute approximate surface area is 189 Å². The van der Waals surface area contributed by atoms with Crippen molar-refractivity contribution in [1.29, 1.82) is 0 Å². The van der Waals surface area contributed by atoms with Crippen molar-refractivity contribution in [3.63, 3.8) is 0 Å². The SMILES string of the molecule is CC(Nc1ncnc2nc[nH]c12)c1cc2cccc(Cl)c2c(CC(=O)N2CCOCC2)n1. The van der Waals surface area contributed by atoms with Crippen LogP contribution in [-0.2, 0) is 16.0 Å². The summed E-state index contributed by atoms with van der Waals surface area (Å²) in [5.74, 6) is 0.661. The third-order valence-electron chi connectivity index (χ3n) is 5.60. The first-order valence-corrected chi connectivity index (χ1v) is 10.8. The highest BCUT2D eigenvalue weighted by molar-refractivity contribution is 6.35. The van der Waals surface area contributed by atoms with Crippen LogP contribution in [0.15, 0.2) is 36.9 Å². The molecule has 9 nitrogen and oxygen atoms in total. The second-order valence-corrected chi connectivity index (χ2v) is 8.10. The summed E-state index contributed by atoms with van der Waals surface area (Å²) in [6.45, 7) is 4.30. The van der Waals surface area contributed by atoms with Gasteiger partial charge in [0.25, 0.3) is 0 Å². The number of benzene rings is 1. The normalized spacial score (nSPS) is 15.2. The molecule has 1 aliphatic heterocycles. The topological polar surface area (TPSA) is 109 Å². The number of anilines is 1.